The molecule has 0 aliphatic heterocycles. The summed E-state index contributed by atoms with van der Waals surface area (Å²) in [6, 6.07) is 11.5. The van der Waals surface area contributed by atoms with Crippen LogP contribution in [0.1, 0.15) is 66.8 Å². The van der Waals surface area contributed by atoms with Gasteiger partial charge in [0.05, 0.1) is 6.04 Å². The number of hydrogen-bond donors (Lipinski definition) is 3. The maximum atomic E-state index is 13.8. The Hall–Kier alpha value is -3.19. The number of aliphatic carboxylic acids is 1. The van der Waals surface area contributed by atoms with E-state index >= 15 is 0 Å². The number of aryl methyl sites for hydroxylation is 1. The van der Waals surface area contributed by atoms with Crippen LogP contribution < -0.4 is 11.1 Å². The first-order valence-electron chi connectivity index (χ1n) is 11.3. The first kappa shape index (κ1) is 23.0. The van der Waals surface area contributed by atoms with Gasteiger partial charge in [0.15, 0.2) is 5.78 Å². The van der Waals surface area contributed by atoms with Crippen molar-refractivity contribution < 1.29 is 23.5 Å². The molecule has 1 aliphatic rings. The summed E-state index contributed by atoms with van der Waals surface area (Å²) >= 11 is 0. The Morgan fingerprint density at radius 1 is 1.21 bits per heavy atom. The molecule has 1 aliphatic carbocycles. The molecule has 2 aromatic carbocycles. The number of nitrogens with two attached hydrogens (primary N) is 1. The molecule has 1 saturated carbocycles. The highest BCUT2D eigenvalue weighted by molar-refractivity contribution is 6.00. The minimum Gasteiger partial charge on any atom is -0.480 e. The quantitative estimate of drug-likeness (QED) is 0.384. The molecule has 174 valence electrons. The van der Waals surface area contributed by atoms with Gasteiger partial charge in [0.25, 0.3) is 0 Å². The minimum atomic E-state index is -1.61. The molecule has 1 fully saturated rings. The predicted octanol–water partition coefficient (Wildman–Crippen LogP) is 5.60. The smallest absolute Gasteiger partial charge is 0.323 e. The molecule has 33 heavy (non-hydrogen) atoms. The van der Waals surface area contributed by atoms with E-state index in [4.69, 9.17) is 15.3 Å². The van der Waals surface area contributed by atoms with Crippen molar-refractivity contribution in [3.8, 4) is 0 Å². The summed E-state index contributed by atoms with van der Waals surface area (Å²) in [4.78, 5) is 23.7. The fraction of sp³-hybridized carbons (Fsp3) is 0.385. The van der Waals surface area contributed by atoms with Gasteiger partial charge >= 0.3 is 5.97 Å². The van der Waals surface area contributed by atoms with Crippen LogP contribution in [0.5, 0.6) is 0 Å². The summed E-state index contributed by atoms with van der Waals surface area (Å²) in [5, 5.41) is 13.5. The maximum Gasteiger partial charge on any atom is 0.323 e. The lowest BCUT2D eigenvalue weighted by Crippen LogP contribution is -2.46. The van der Waals surface area contributed by atoms with Gasteiger partial charge in [-0.05, 0) is 75.1 Å². The van der Waals surface area contributed by atoms with Crippen molar-refractivity contribution in [3.05, 3.63) is 65.2 Å². The lowest BCUT2D eigenvalue weighted by atomic mass is 9.92. The Morgan fingerprint density at radius 2 is 1.88 bits per heavy atom. The monoisotopic (exact) mass is 452 g/mol. The summed E-state index contributed by atoms with van der Waals surface area (Å²) in [7, 11) is 0. The van der Waals surface area contributed by atoms with Crippen LogP contribution in [0.15, 0.2) is 46.9 Å². The largest absolute Gasteiger partial charge is 0.480 e. The number of carbonyl (C=O) groups is 2. The van der Waals surface area contributed by atoms with Crippen molar-refractivity contribution in [1.29, 1.82) is 0 Å². The molecule has 3 aromatic rings. The number of carbonyl (C=O) groups excluding carboxylic acids is 1. The van der Waals surface area contributed by atoms with Crippen molar-refractivity contribution in [3.63, 3.8) is 0 Å². The first-order valence-corrected chi connectivity index (χ1v) is 11.3. The first-order chi connectivity index (χ1) is 15.7. The summed E-state index contributed by atoms with van der Waals surface area (Å²) in [6.07, 6.45) is 4.18. The highest BCUT2D eigenvalue weighted by atomic mass is 19.1. The summed E-state index contributed by atoms with van der Waals surface area (Å²) in [5.41, 5.74) is 6.93. The normalized spacial score (nSPS) is 17.1. The fourth-order valence-corrected chi connectivity index (χ4v) is 4.64. The Balaban J connectivity index is 1.59. The standard InChI is InChI=1S/C26H29FN2O4/c1-15-20-13-18(27)9-12-22(20)33-24(15)23(17-5-3-4-6-17)29-19-10-7-16(8-11-19)21(30)14-26(2,28)25(31)32/h7-13,17,23,29H,3-6,14,28H2,1-2H3,(H,31,32). The average molecular weight is 453 g/mol. The summed E-state index contributed by atoms with van der Waals surface area (Å²) < 4.78 is 20.0. The van der Waals surface area contributed by atoms with Gasteiger partial charge in [-0.1, -0.05) is 12.8 Å². The summed E-state index contributed by atoms with van der Waals surface area (Å²) in [5.74, 6) is -0.641. The van der Waals surface area contributed by atoms with Crippen LogP contribution in [0, 0.1) is 18.7 Å². The predicted molar refractivity (Wildman–Crippen MR) is 125 cm³/mol. The molecule has 0 amide bonds. The number of carboxylic acid groups (broad SMARTS) is 1. The van der Waals surface area contributed by atoms with E-state index in [-0.39, 0.29) is 24.1 Å². The Labute approximate surface area is 192 Å². The van der Waals surface area contributed by atoms with E-state index in [1.165, 1.54) is 19.1 Å². The van der Waals surface area contributed by atoms with Gasteiger partial charge in [0.2, 0.25) is 0 Å². The van der Waals surface area contributed by atoms with Crippen molar-refractivity contribution >= 4 is 28.4 Å². The number of benzene rings is 2. The van der Waals surface area contributed by atoms with Crippen LogP contribution in [-0.2, 0) is 4.79 Å². The molecule has 4 rings (SSSR count). The Bertz CT molecular complexity index is 1180. The molecular weight excluding hydrogens is 423 g/mol. The second-order valence-corrected chi connectivity index (χ2v) is 9.30. The fourth-order valence-electron chi connectivity index (χ4n) is 4.64. The molecule has 0 bridgehead atoms. The van der Waals surface area contributed by atoms with Gasteiger partial charge in [-0.15, -0.1) is 0 Å². The lowest BCUT2D eigenvalue weighted by molar-refractivity contribution is -0.142. The number of hydrogen-bond acceptors (Lipinski definition) is 5. The number of halogens is 1. The van der Waals surface area contributed by atoms with Gasteiger partial charge in [-0.3, -0.25) is 9.59 Å². The zero-order valence-electron chi connectivity index (χ0n) is 18.9. The molecule has 7 heteroatoms. The van der Waals surface area contributed by atoms with Crippen LogP contribution in [0.3, 0.4) is 0 Å². The second-order valence-electron chi connectivity index (χ2n) is 9.30. The van der Waals surface area contributed by atoms with Crippen LogP contribution in [0.25, 0.3) is 11.0 Å². The number of anilines is 1. The molecule has 6 nitrogen and oxygen atoms in total. The number of ketones is 1. The molecule has 0 radical (unpaired) electrons. The van der Waals surface area contributed by atoms with Gasteiger partial charge in [0, 0.05) is 28.6 Å². The van der Waals surface area contributed by atoms with Crippen molar-refractivity contribution in [1.82, 2.24) is 0 Å². The number of fused-ring (bicyclic) bond motifs is 1. The second kappa shape index (κ2) is 8.98. The number of Topliss-reactive ketones (excluding diaryl/α,β-unsaturated/α-hetero) is 1. The van der Waals surface area contributed by atoms with Crippen molar-refractivity contribution in [2.45, 2.75) is 57.5 Å². The highest BCUT2D eigenvalue weighted by Crippen LogP contribution is 2.41. The third kappa shape index (κ3) is 4.78. The summed E-state index contributed by atoms with van der Waals surface area (Å²) in [6.45, 7) is 3.29. The third-order valence-corrected chi connectivity index (χ3v) is 6.63. The number of furan rings is 1. The van der Waals surface area contributed by atoms with E-state index < -0.39 is 11.5 Å². The molecule has 4 N–H and O–H groups in total. The molecule has 1 aromatic heterocycles. The highest BCUT2D eigenvalue weighted by Gasteiger charge is 2.32. The molecule has 2 unspecified atom stereocenters. The molecule has 0 spiro atoms. The topological polar surface area (TPSA) is 106 Å². The van der Waals surface area contributed by atoms with Crippen LogP contribution >= 0.6 is 0 Å². The van der Waals surface area contributed by atoms with E-state index in [1.54, 1.807) is 18.2 Å². The van der Waals surface area contributed by atoms with Gasteiger partial charge in [-0.25, -0.2) is 4.39 Å². The van der Waals surface area contributed by atoms with E-state index in [0.717, 1.165) is 48.1 Å². The SMILES string of the molecule is Cc1c(C(Nc2ccc(C(=O)CC(C)(N)C(=O)O)cc2)C2CCCC2)oc2ccc(F)cc12. The minimum absolute atomic E-state index is 0.0798. The van der Waals surface area contributed by atoms with Gasteiger partial charge in [-0.2, -0.15) is 0 Å². The van der Waals surface area contributed by atoms with Gasteiger partial charge in [0.1, 0.15) is 22.7 Å². The van der Waals surface area contributed by atoms with Crippen molar-refractivity contribution in [2.75, 3.05) is 5.32 Å². The van der Waals surface area contributed by atoms with Gasteiger partial charge < -0.3 is 20.6 Å². The Morgan fingerprint density at radius 3 is 2.52 bits per heavy atom. The lowest BCUT2D eigenvalue weighted by Gasteiger charge is -2.25. The van der Waals surface area contributed by atoms with Crippen LogP contribution in [-0.4, -0.2) is 22.4 Å². The number of nitrogens with one attached hydrogen (secondary N) is 1. The third-order valence-electron chi connectivity index (χ3n) is 6.63. The van der Waals surface area contributed by atoms with E-state index in [2.05, 4.69) is 5.32 Å². The molecule has 1 heterocycles. The van der Waals surface area contributed by atoms with Crippen molar-refractivity contribution in [2.24, 2.45) is 11.7 Å². The zero-order valence-corrected chi connectivity index (χ0v) is 18.9. The average Bonchev–Trinajstić information content (AvgIpc) is 3.41. The van der Waals surface area contributed by atoms with E-state index in [1.807, 2.05) is 19.1 Å². The maximum absolute atomic E-state index is 13.8. The Kier molecular flexibility index (Phi) is 6.26. The zero-order chi connectivity index (χ0) is 23.8. The van der Waals surface area contributed by atoms with E-state index in [9.17, 15) is 14.0 Å². The van der Waals surface area contributed by atoms with Crippen LogP contribution in [0.4, 0.5) is 10.1 Å². The number of rotatable bonds is 8. The van der Waals surface area contributed by atoms with E-state index in [0.29, 0.717) is 17.1 Å². The molecule has 2 atom stereocenters. The number of carboxylic acids is 1. The van der Waals surface area contributed by atoms with Crippen LogP contribution in [0.2, 0.25) is 0 Å². The molecular formula is C26H29FN2O4. The molecule has 0 saturated heterocycles.